The lowest BCUT2D eigenvalue weighted by molar-refractivity contribution is -0.120. The van der Waals surface area contributed by atoms with Crippen molar-refractivity contribution in [1.82, 2.24) is 20.2 Å². The van der Waals surface area contributed by atoms with E-state index in [1.165, 1.54) is 4.68 Å². The Morgan fingerprint density at radius 1 is 1.28 bits per heavy atom. The molecule has 11 heteroatoms. The quantitative estimate of drug-likeness (QED) is 0.519. The van der Waals surface area contributed by atoms with Gasteiger partial charge in [-0.2, -0.15) is 0 Å². The first-order valence-corrected chi connectivity index (χ1v) is 8.77. The molecule has 3 amide bonds. The van der Waals surface area contributed by atoms with Crippen molar-refractivity contribution >= 4 is 46.9 Å². The number of hydrogen-bond acceptors (Lipinski definition) is 6. The van der Waals surface area contributed by atoms with Crippen molar-refractivity contribution in [1.29, 1.82) is 0 Å². The van der Waals surface area contributed by atoms with E-state index in [2.05, 4.69) is 15.5 Å². The molecule has 0 saturated heterocycles. The number of primary amides is 1. The zero-order valence-corrected chi connectivity index (χ0v) is 15.7. The maximum absolute atomic E-state index is 12.1. The number of aromatic nitrogens is 3. The summed E-state index contributed by atoms with van der Waals surface area (Å²) in [6.07, 6.45) is 0. The van der Waals surface area contributed by atoms with Crippen molar-refractivity contribution in [2.45, 2.75) is 24.3 Å². The molecule has 134 valence electrons. The fourth-order valence-electron chi connectivity index (χ4n) is 2.01. The largest absolute Gasteiger partial charge is 0.351 e. The van der Waals surface area contributed by atoms with Crippen LogP contribution in [0.2, 0.25) is 10.0 Å². The molecule has 2 aromatic rings. The number of nitrogens with zero attached hydrogens (tertiary/aromatic N) is 3. The average Bonchev–Trinajstić information content (AvgIpc) is 2.87. The Hall–Kier alpha value is -1.97. The van der Waals surface area contributed by atoms with Crippen molar-refractivity contribution in [2.75, 3.05) is 5.84 Å². The van der Waals surface area contributed by atoms with Gasteiger partial charge >= 0.3 is 6.03 Å². The number of nitrogens with one attached hydrogen (secondary N) is 1. The van der Waals surface area contributed by atoms with Crippen LogP contribution in [0.4, 0.5) is 4.79 Å². The Labute approximate surface area is 158 Å². The smallest absolute Gasteiger partial charge is 0.318 e. The summed E-state index contributed by atoms with van der Waals surface area (Å²) in [4.78, 5) is 23.0. The number of imide groups is 1. The molecular weight excluding hydrogens is 387 g/mol. The second-order valence-electron chi connectivity index (χ2n) is 5.44. The second kappa shape index (κ2) is 7.94. The lowest BCUT2D eigenvalue weighted by atomic mass is 10.1. The highest BCUT2D eigenvalue weighted by atomic mass is 35.5. The number of hydrogen-bond donors (Lipinski definition) is 3. The van der Waals surface area contributed by atoms with Gasteiger partial charge in [0.2, 0.25) is 11.1 Å². The van der Waals surface area contributed by atoms with Crippen molar-refractivity contribution in [3.8, 4) is 11.4 Å². The molecule has 0 radical (unpaired) electrons. The number of nitrogens with two attached hydrogens (primary N) is 2. The average molecular weight is 403 g/mol. The van der Waals surface area contributed by atoms with Crippen molar-refractivity contribution in [3.63, 3.8) is 0 Å². The zero-order valence-electron chi connectivity index (χ0n) is 13.4. The molecule has 1 atom stereocenters. The number of benzene rings is 1. The van der Waals surface area contributed by atoms with Gasteiger partial charge in [0.05, 0.1) is 10.3 Å². The molecule has 1 aromatic heterocycles. The van der Waals surface area contributed by atoms with Crippen LogP contribution in [0.5, 0.6) is 0 Å². The lowest BCUT2D eigenvalue weighted by Crippen LogP contribution is -2.42. The summed E-state index contributed by atoms with van der Waals surface area (Å²) in [7, 11) is 0. The Kier molecular flexibility index (Phi) is 6.15. The van der Waals surface area contributed by atoms with Gasteiger partial charge in [0, 0.05) is 10.6 Å². The molecule has 8 nitrogen and oxygen atoms in total. The second-order valence-corrected chi connectivity index (χ2v) is 7.39. The molecule has 1 aromatic carbocycles. The van der Waals surface area contributed by atoms with Crippen LogP contribution >= 0.6 is 35.0 Å². The van der Waals surface area contributed by atoms with Gasteiger partial charge in [0.15, 0.2) is 5.82 Å². The zero-order chi connectivity index (χ0) is 18.7. The van der Waals surface area contributed by atoms with Crippen LogP contribution < -0.4 is 16.9 Å². The molecule has 0 aliphatic carbocycles. The highest BCUT2D eigenvalue weighted by Crippen LogP contribution is 2.32. The predicted octanol–water partition coefficient (Wildman–Crippen LogP) is 2.28. The Balaban J connectivity index is 2.32. The van der Waals surface area contributed by atoms with Gasteiger partial charge < -0.3 is 11.6 Å². The van der Waals surface area contributed by atoms with E-state index in [0.29, 0.717) is 21.4 Å². The number of thioether (sulfide) groups is 1. The highest BCUT2D eigenvalue weighted by molar-refractivity contribution is 8.00. The summed E-state index contributed by atoms with van der Waals surface area (Å²) in [6.45, 7) is 3.65. The minimum atomic E-state index is -0.920. The van der Waals surface area contributed by atoms with Gasteiger partial charge in [0.25, 0.3) is 0 Å². The molecule has 0 spiro atoms. The van der Waals surface area contributed by atoms with E-state index in [9.17, 15) is 9.59 Å². The maximum Gasteiger partial charge on any atom is 0.318 e. The molecule has 0 aliphatic rings. The highest BCUT2D eigenvalue weighted by Gasteiger charge is 2.27. The molecule has 0 fully saturated rings. The normalized spacial score (nSPS) is 12.2. The third kappa shape index (κ3) is 4.56. The Morgan fingerprint density at radius 2 is 1.96 bits per heavy atom. The number of nitrogen functional groups attached to an aromatic ring is 1. The molecule has 2 rings (SSSR count). The molecule has 0 bridgehead atoms. The summed E-state index contributed by atoms with van der Waals surface area (Å²) in [6, 6.07) is 3.96. The van der Waals surface area contributed by atoms with E-state index in [4.69, 9.17) is 34.8 Å². The molecule has 1 heterocycles. The molecular formula is C14H16Cl2N6O2S. The van der Waals surface area contributed by atoms with Crippen LogP contribution in [0.15, 0.2) is 23.4 Å². The van der Waals surface area contributed by atoms with Crippen molar-refractivity contribution in [2.24, 2.45) is 11.7 Å². The van der Waals surface area contributed by atoms with Crippen LogP contribution in [0.25, 0.3) is 11.4 Å². The third-order valence-corrected chi connectivity index (χ3v) is 5.24. The van der Waals surface area contributed by atoms with Crippen LogP contribution in [0.1, 0.15) is 13.8 Å². The number of rotatable bonds is 5. The summed E-state index contributed by atoms with van der Waals surface area (Å²) >= 11 is 13.2. The first-order chi connectivity index (χ1) is 11.7. The fraction of sp³-hybridized carbons (Fsp3) is 0.286. The lowest BCUT2D eigenvalue weighted by Gasteiger charge is -2.18. The van der Waals surface area contributed by atoms with Crippen LogP contribution in [0.3, 0.4) is 0 Å². The van der Waals surface area contributed by atoms with Gasteiger partial charge in [-0.15, -0.1) is 10.2 Å². The number of urea groups is 1. The molecule has 0 aliphatic heterocycles. The van der Waals surface area contributed by atoms with Gasteiger partial charge in [-0.05, 0) is 24.1 Å². The van der Waals surface area contributed by atoms with Crippen molar-refractivity contribution in [3.05, 3.63) is 28.2 Å². The number of carbonyl (C=O) groups is 2. The van der Waals surface area contributed by atoms with E-state index in [1.807, 2.05) is 13.8 Å². The van der Waals surface area contributed by atoms with E-state index in [0.717, 1.165) is 11.8 Å². The van der Waals surface area contributed by atoms with Gasteiger partial charge in [-0.3, -0.25) is 10.1 Å². The molecule has 0 saturated carbocycles. The summed E-state index contributed by atoms with van der Waals surface area (Å²) in [5.41, 5.74) is 5.51. The van der Waals surface area contributed by atoms with Gasteiger partial charge in [-0.1, -0.05) is 48.8 Å². The fourth-order valence-corrected chi connectivity index (χ4v) is 3.34. The first kappa shape index (κ1) is 19.4. The standard InChI is InChI=1S/C14H16Cl2N6O2S/c1-6(2)10(12(23)19-13(17)24)25-14-21-20-11(22(14)18)8-5-7(15)3-4-9(8)16/h3-6,10H,18H2,1-2H3,(H3,17,19,23,24)/t10-/m1/s1. The molecule has 5 N–H and O–H groups in total. The van der Waals surface area contributed by atoms with Crippen molar-refractivity contribution < 1.29 is 9.59 Å². The Morgan fingerprint density at radius 3 is 2.56 bits per heavy atom. The van der Waals surface area contributed by atoms with Gasteiger partial charge in [0.1, 0.15) is 0 Å². The first-order valence-electron chi connectivity index (χ1n) is 7.13. The number of carbonyl (C=O) groups excluding carboxylic acids is 2. The predicted molar refractivity (Wildman–Crippen MR) is 97.8 cm³/mol. The topological polar surface area (TPSA) is 129 Å². The third-order valence-electron chi connectivity index (χ3n) is 3.18. The summed E-state index contributed by atoms with van der Waals surface area (Å²) in [5.74, 6) is 5.71. The van der Waals surface area contributed by atoms with E-state index >= 15 is 0 Å². The number of amides is 3. The minimum absolute atomic E-state index is 0.112. The van der Waals surface area contributed by atoms with E-state index in [-0.39, 0.29) is 11.1 Å². The molecule has 0 unspecified atom stereocenters. The number of halogens is 2. The minimum Gasteiger partial charge on any atom is -0.351 e. The summed E-state index contributed by atoms with van der Waals surface area (Å²) in [5, 5.41) is 10.6. The van der Waals surface area contributed by atoms with Gasteiger partial charge in [-0.25, -0.2) is 9.47 Å². The van der Waals surface area contributed by atoms with E-state index < -0.39 is 17.2 Å². The SMILES string of the molecule is CC(C)[C@@H](Sc1nnc(-c2cc(Cl)ccc2Cl)n1N)C(=O)NC(N)=O. The molecule has 25 heavy (non-hydrogen) atoms. The monoisotopic (exact) mass is 402 g/mol. The van der Waals surface area contributed by atoms with Crippen LogP contribution in [0, 0.1) is 5.92 Å². The van der Waals surface area contributed by atoms with Crippen LogP contribution in [-0.2, 0) is 4.79 Å². The Bertz CT molecular complexity index is 811. The van der Waals surface area contributed by atoms with E-state index in [1.54, 1.807) is 18.2 Å². The summed E-state index contributed by atoms with van der Waals surface area (Å²) < 4.78 is 1.22. The maximum atomic E-state index is 12.1. The van der Waals surface area contributed by atoms with Crippen LogP contribution in [-0.4, -0.2) is 32.1 Å².